The number of benzene rings is 2. The molecule has 6 nitrogen and oxygen atoms in total. The van der Waals surface area contributed by atoms with Crippen LogP contribution in [0.1, 0.15) is 29.9 Å². The molecular weight excluding hydrogens is 376 g/mol. The first kappa shape index (κ1) is 19.9. The predicted octanol–water partition coefficient (Wildman–Crippen LogP) is 3.97. The maximum absolute atomic E-state index is 13.0. The van der Waals surface area contributed by atoms with Crippen LogP contribution in [0, 0.1) is 17.2 Å². The third kappa shape index (κ3) is 4.27. The number of amides is 1. The molecule has 1 amide bonds. The number of aromatic nitrogens is 1. The van der Waals surface area contributed by atoms with Crippen LogP contribution in [0.15, 0.2) is 54.6 Å². The largest absolute Gasteiger partial charge is 0.457 e. The van der Waals surface area contributed by atoms with Gasteiger partial charge in [-0.05, 0) is 54.4 Å². The molecule has 3 aromatic rings. The third-order valence-electron chi connectivity index (χ3n) is 5.40. The summed E-state index contributed by atoms with van der Waals surface area (Å²) in [6.07, 6.45) is 0. The van der Waals surface area contributed by atoms with Gasteiger partial charge in [0.1, 0.15) is 17.2 Å². The van der Waals surface area contributed by atoms with Gasteiger partial charge < -0.3 is 15.0 Å². The van der Waals surface area contributed by atoms with Gasteiger partial charge in [0.25, 0.3) is 5.91 Å². The standard InChI is InChI=1S/C24H24N4O2/c1-16(2)23-15-28(12-11-26-23)24(29)22-9-5-18-13-20(8-10-21(18)27-22)30-19-6-3-17(14-25)4-7-19/h3-10,13,16,23,26H,11-12,15H2,1-2H3/t23-/m1/s1. The number of pyridine rings is 1. The first-order valence-corrected chi connectivity index (χ1v) is 10.1. The number of rotatable bonds is 4. The average Bonchev–Trinajstić information content (AvgIpc) is 2.79. The lowest BCUT2D eigenvalue weighted by Crippen LogP contribution is -2.54. The first-order chi connectivity index (χ1) is 14.5. The fourth-order valence-electron chi connectivity index (χ4n) is 3.59. The second-order valence-corrected chi connectivity index (χ2v) is 7.85. The molecule has 1 aliphatic heterocycles. The Bertz CT molecular complexity index is 1100. The van der Waals surface area contributed by atoms with E-state index in [4.69, 9.17) is 10.00 Å². The molecule has 0 radical (unpaired) electrons. The summed E-state index contributed by atoms with van der Waals surface area (Å²) >= 11 is 0. The lowest BCUT2D eigenvalue weighted by molar-refractivity contribution is 0.0678. The number of nitrogens with zero attached hydrogens (tertiary/aromatic N) is 3. The van der Waals surface area contributed by atoms with E-state index in [9.17, 15) is 4.79 Å². The van der Waals surface area contributed by atoms with Crippen molar-refractivity contribution in [2.45, 2.75) is 19.9 Å². The number of fused-ring (bicyclic) bond motifs is 1. The van der Waals surface area contributed by atoms with Crippen LogP contribution in [-0.4, -0.2) is 41.5 Å². The molecule has 30 heavy (non-hydrogen) atoms. The summed E-state index contributed by atoms with van der Waals surface area (Å²) in [7, 11) is 0. The zero-order valence-corrected chi connectivity index (χ0v) is 17.1. The number of nitriles is 1. The Morgan fingerprint density at radius 1 is 1.17 bits per heavy atom. The molecule has 4 rings (SSSR count). The molecule has 1 aliphatic rings. The van der Waals surface area contributed by atoms with Crippen molar-refractivity contribution in [3.8, 4) is 17.6 Å². The summed E-state index contributed by atoms with van der Waals surface area (Å²) in [5, 5.41) is 13.3. The van der Waals surface area contributed by atoms with Crippen molar-refractivity contribution in [3.05, 3.63) is 65.9 Å². The molecule has 0 bridgehead atoms. The number of hydrogen-bond acceptors (Lipinski definition) is 5. The van der Waals surface area contributed by atoms with Gasteiger partial charge in [-0.25, -0.2) is 4.98 Å². The number of hydrogen-bond donors (Lipinski definition) is 1. The summed E-state index contributed by atoms with van der Waals surface area (Å²) in [5.41, 5.74) is 1.81. The molecule has 6 heteroatoms. The van der Waals surface area contributed by atoms with Gasteiger partial charge in [0.05, 0.1) is 17.1 Å². The van der Waals surface area contributed by atoms with E-state index in [-0.39, 0.29) is 5.91 Å². The normalized spacial score (nSPS) is 16.5. The number of ether oxygens (including phenoxy) is 1. The fraction of sp³-hybridized carbons (Fsp3) is 0.292. The molecule has 0 saturated carbocycles. The third-order valence-corrected chi connectivity index (χ3v) is 5.40. The topological polar surface area (TPSA) is 78.2 Å². The van der Waals surface area contributed by atoms with Crippen LogP contribution in [0.25, 0.3) is 10.9 Å². The Morgan fingerprint density at radius 3 is 2.67 bits per heavy atom. The summed E-state index contributed by atoms with van der Waals surface area (Å²) in [6, 6.07) is 18.6. The van der Waals surface area contributed by atoms with Crippen LogP contribution in [0.3, 0.4) is 0 Å². The summed E-state index contributed by atoms with van der Waals surface area (Å²) in [6.45, 7) is 6.53. The Balaban J connectivity index is 1.51. The van der Waals surface area contributed by atoms with Crippen LogP contribution >= 0.6 is 0 Å². The van der Waals surface area contributed by atoms with Crippen LogP contribution < -0.4 is 10.1 Å². The second-order valence-electron chi connectivity index (χ2n) is 7.85. The highest BCUT2D eigenvalue weighted by atomic mass is 16.5. The number of piperazine rings is 1. The van der Waals surface area contributed by atoms with E-state index in [1.165, 1.54) is 0 Å². The highest BCUT2D eigenvalue weighted by Crippen LogP contribution is 2.26. The lowest BCUT2D eigenvalue weighted by atomic mass is 10.0. The summed E-state index contributed by atoms with van der Waals surface area (Å²) < 4.78 is 5.87. The zero-order valence-electron chi connectivity index (χ0n) is 17.1. The quantitative estimate of drug-likeness (QED) is 0.717. The van der Waals surface area contributed by atoms with Crippen molar-refractivity contribution in [3.63, 3.8) is 0 Å². The number of carbonyl (C=O) groups excluding carboxylic acids is 1. The molecule has 0 unspecified atom stereocenters. The smallest absolute Gasteiger partial charge is 0.272 e. The summed E-state index contributed by atoms with van der Waals surface area (Å²) in [5.74, 6) is 1.78. The molecule has 1 fully saturated rings. The zero-order chi connectivity index (χ0) is 21.1. The minimum atomic E-state index is -0.0260. The van der Waals surface area contributed by atoms with E-state index < -0.39 is 0 Å². The Labute approximate surface area is 176 Å². The van der Waals surface area contributed by atoms with Crippen LogP contribution in [-0.2, 0) is 0 Å². The van der Waals surface area contributed by atoms with Gasteiger partial charge in [-0.2, -0.15) is 5.26 Å². The molecule has 0 aliphatic carbocycles. The fourth-order valence-corrected chi connectivity index (χ4v) is 3.59. The SMILES string of the molecule is CC(C)[C@H]1CN(C(=O)c2ccc3cc(Oc4ccc(C#N)cc4)ccc3n2)CCN1. The molecule has 1 saturated heterocycles. The van der Waals surface area contributed by atoms with Crippen molar-refractivity contribution < 1.29 is 9.53 Å². The molecule has 1 aromatic heterocycles. The molecule has 152 valence electrons. The van der Waals surface area contributed by atoms with Crippen molar-refractivity contribution >= 4 is 16.8 Å². The van der Waals surface area contributed by atoms with Crippen LogP contribution in [0.4, 0.5) is 0 Å². The molecule has 0 spiro atoms. The van der Waals surface area contributed by atoms with Gasteiger partial charge in [0.15, 0.2) is 0 Å². The highest BCUT2D eigenvalue weighted by molar-refractivity contribution is 5.95. The van der Waals surface area contributed by atoms with Gasteiger partial charge in [0, 0.05) is 31.1 Å². The highest BCUT2D eigenvalue weighted by Gasteiger charge is 2.26. The van der Waals surface area contributed by atoms with Crippen molar-refractivity contribution in [1.29, 1.82) is 5.26 Å². The van der Waals surface area contributed by atoms with Crippen molar-refractivity contribution in [1.82, 2.24) is 15.2 Å². The first-order valence-electron chi connectivity index (χ1n) is 10.1. The molecule has 2 heterocycles. The van der Waals surface area contributed by atoms with Crippen molar-refractivity contribution in [2.75, 3.05) is 19.6 Å². The maximum atomic E-state index is 13.0. The number of nitrogens with one attached hydrogen (secondary N) is 1. The van der Waals surface area contributed by atoms with E-state index in [1.807, 2.05) is 29.2 Å². The summed E-state index contributed by atoms with van der Waals surface area (Å²) in [4.78, 5) is 19.4. The predicted molar refractivity (Wildman–Crippen MR) is 116 cm³/mol. The van der Waals surface area contributed by atoms with Gasteiger partial charge >= 0.3 is 0 Å². The molecule has 2 aromatic carbocycles. The Morgan fingerprint density at radius 2 is 1.93 bits per heavy atom. The lowest BCUT2D eigenvalue weighted by Gasteiger charge is -2.35. The van der Waals surface area contributed by atoms with Gasteiger partial charge in [-0.3, -0.25) is 4.79 Å². The van der Waals surface area contributed by atoms with E-state index in [1.54, 1.807) is 30.3 Å². The Hall–Kier alpha value is -3.43. The number of carbonyl (C=O) groups is 1. The minimum absolute atomic E-state index is 0.0260. The molecule has 1 atom stereocenters. The second kappa shape index (κ2) is 8.52. The molecule has 1 N–H and O–H groups in total. The van der Waals surface area contributed by atoms with Gasteiger partial charge in [-0.15, -0.1) is 0 Å². The minimum Gasteiger partial charge on any atom is -0.457 e. The van der Waals surface area contributed by atoms with E-state index in [2.05, 4.69) is 30.2 Å². The maximum Gasteiger partial charge on any atom is 0.272 e. The van der Waals surface area contributed by atoms with E-state index in [0.717, 1.165) is 17.4 Å². The average molecular weight is 400 g/mol. The van der Waals surface area contributed by atoms with E-state index >= 15 is 0 Å². The van der Waals surface area contributed by atoms with E-state index in [0.29, 0.717) is 47.8 Å². The van der Waals surface area contributed by atoms with Gasteiger partial charge in [-0.1, -0.05) is 19.9 Å². The van der Waals surface area contributed by atoms with Gasteiger partial charge in [0.2, 0.25) is 0 Å². The molecular formula is C24H24N4O2. The monoisotopic (exact) mass is 400 g/mol. The Kier molecular flexibility index (Phi) is 5.64. The van der Waals surface area contributed by atoms with Crippen LogP contribution in [0.2, 0.25) is 0 Å². The van der Waals surface area contributed by atoms with Crippen LogP contribution in [0.5, 0.6) is 11.5 Å². The van der Waals surface area contributed by atoms with Crippen molar-refractivity contribution in [2.24, 2.45) is 5.92 Å².